The molecule has 0 aliphatic carbocycles. The predicted molar refractivity (Wildman–Crippen MR) is 61.4 cm³/mol. The third-order valence-electron chi connectivity index (χ3n) is 1.66. The fourth-order valence-corrected chi connectivity index (χ4v) is 1.51. The van der Waals surface area contributed by atoms with Gasteiger partial charge in [0.15, 0.2) is 0 Å². The number of hydrogen-bond donors (Lipinski definition) is 0. The number of nitrogens with zero attached hydrogens (tertiary/aromatic N) is 1. The van der Waals surface area contributed by atoms with E-state index in [2.05, 4.69) is 53.6 Å². The minimum absolute atomic E-state index is 0.494. The molecular weight excluding hydrogens is 261 g/mol. The van der Waals surface area contributed by atoms with Gasteiger partial charge in [-0.1, -0.05) is 42.5 Å². The van der Waals surface area contributed by atoms with Crippen LogP contribution in [-0.2, 0) is 0 Å². The van der Waals surface area contributed by atoms with Gasteiger partial charge in [0.1, 0.15) is 0 Å². The van der Waals surface area contributed by atoms with Gasteiger partial charge in [-0.3, -0.25) is 4.98 Å². The Morgan fingerprint density at radius 3 is 2.83 bits per heavy atom. The van der Waals surface area contributed by atoms with Gasteiger partial charge in [0, 0.05) is 6.20 Å². The molecule has 0 saturated carbocycles. The van der Waals surface area contributed by atoms with Crippen LogP contribution in [0, 0.1) is 0 Å². The van der Waals surface area contributed by atoms with Gasteiger partial charge < -0.3 is 0 Å². The number of aromatic nitrogens is 1. The van der Waals surface area contributed by atoms with Crippen LogP contribution in [0.15, 0.2) is 22.4 Å². The van der Waals surface area contributed by atoms with Gasteiger partial charge in [-0.25, -0.2) is 0 Å². The van der Waals surface area contributed by atoms with E-state index in [9.17, 15) is 0 Å². The first-order valence-electron chi connectivity index (χ1n) is 3.97. The first-order chi connectivity index (χ1) is 5.75. The van der Waals surface area contributed by atoms with Gasteiger partial charge in [0.25, 0.3) is 0 Å². The summed E-state index contributed by atoms with van der Waals surface area (Å²) in [7, 11) is 0. The molecule has 0 atom stereocenters. The zero-order valence-electron chi connectivity index (χ0n) is 7.29. The quantitative estimate of drug-likeness (QED) is 0.750. The lowest BCUT2D eigenvalue weighted by Crippen LogP contribution is -1.94. The second-order valence-corrected chi connectivity index (χ2v) is 3.64. The summed E-state index contributed by atoms with van der Waals surface area (Å²) >= 11 is 2.22. The minimum atomic E-state index is 0.494. The van der Waals surface area contributed by atoms with Crippen LogP contribution in [0.25, 0.3) is 6.08 Å². The van der Waals surface area contributed by atoms with E-state index in [0.29, 0.717) is 5.92 Å². The second-order valence-electron chi connectivity index (χ2n) is 2.93. The molecule has 0 aromatic carbocycles. The smallest absolute Gasteiger partial charge is 0.0501 e. The summed E-state index contributed by atoms with van der Waals surface area (Å²) < 4.78 is 2.01. The topological polar surface area (TPSA) is 12.9 Å². The highest BCUT2D eigenvalue weighted by atomic mass is 127. The fraction of sp³-hybridized carbons (Fsp3) is 0.300. The average Bonchev–Trinajstić information content (AvgIpc) is 2.05. The first kappa shape index (κ1) is 9.71. The Bertz CT molecular complexity index is 279. The van der Waals surface area contributed by atoms with Crippen molar-refractivity contribution in [1.82, 2.24) is 4.98 Å². The van der Waals surface area contributed by atoms with Gasteiger partial charge in [-0.05, 0) is 27.7 Å². The molecule has 0 saturated heterocycles. The highest BCUT2D eigenvalue weighted by Crippen LogP contribution is 2.17. The average molecular weight is 273 g/mol. The molecule has 0 N–H and O–H groups in total. The van der Waals surface area contributed by atoms with Crippen LogP contribution in [0.4, 0.5) is 0 Å². The molecule has 1 heterocycles. The molecule has 1 nitrogen and oxygen atoms in total. The molecule has 64 valence electrons. The van der Waals surface area contributed by atoms with E-state index < -0.39 is 0 Å². The standard InChI is InChI=1S/C10H12IN/c1-8(2)10-9(5-6-11)4-3-7-12-10/h3-8H,1-2H3/b6-5+. The molecule has 1 aromatic rings. The van der Waals surface area contributed by atoms with Crippen molar-refractivity contribution < 1.29 is 0 Å². The molecule has 0 fully saturated rings. The summed E-state index contributed by atoms with van der Waals surface area (Å²) in [5, 5.41) is 0. The summed E-state index contributed by atoms with van der Waals surface area (Å²) in [5.74, 6) is 0.494. The summed E-state index contributed by atoms with van der Waals surface area (Å²) in [6.45, 7) is 4.32. The highest BCUT2D eigenvalue weighted by Gasteiger charge is 2.03. The normalized spacial score (nSPS) is 11.3. The molecule has 0 amide bonds. The SMILES string of the molecule is CC(C)c1ncccc1/C=C/I. The summed E-state index contributed by atoms with van der Waals surface area (Å²) in [6, 6.07) is 4.06. The van der Waals surface area contributed by atoms with Crippen molar-refractivity contribution in [3.05, 3.63) is 33.7 Å². The Labute approximate surface area is 87.0 Å². The maximum Gasteiger partial charge on any atom is 0.0501 e. The maximum atomic E-state index is 4.34. The molecule has 2 heteroatoms. The van der Waals surface area contributed by atoms with E-state index in [1.807, 2.05) is 16.3 Å². The van der Waals surface area contributed by atoms with Crippen LogP contribution in [0.5, 0.6) is 0 Å². The molecule has 1 rings (SSSR count). The molecule has 12 heavy (non-hydrogen) atoms. The van der Waals surface area contributed by atoms with Gasteiger partial charge in [0.05, 0.1) is 5.69 Å². The van der Waals surface area contributed by atoms with E-state index in [0.717, 1.165) is 0 Å². The minimum Gasteiger partial charge on any atom is -0.260 e. The van der Waals surface area contributed by atoms with Crippen LogP contribution < -0.4 is 0 Å². The van der Waals surface area contributed by atoms with E-state index in [1.165, 1.54) is 11.3 Å². The Hall–Kier alpha value is -0.380. The lowest BCUT2D eigenvalue weighted by atomic mass is 10.0. The van der Waals surface area contributed by atoms with Crippen molar-refractivity contribution in [3.8, 4) is 0 Å². The number of hydrogen-bond acceptors (Lipinski definition) is 1. The predicted octanol–water partition coefficient (Wildman–Crippen LogP) is 3.61. The van der Waals surface area contributed by atoms with Crippen LogP contribution in [0.1, 0.15) is 31.0 Å². The maximum absolute atomic E-state index is 4.34. The Morgan fingerprint density at radius 1 is 1.50 bits per heavy atom. The lowest BCUT2D eigenvalue weighted by Gasteiger charge is -2.06. The Morgan fingerprint density at radius 2 is 2.25 bits per heavy atom. The fourth-order valence-electron chi connectivity index (χ4n) is 1.12. The Balaban J connectivity index is 3.08. The van der Waals surface area contributed by atoms with Crippen LogP contribution in [0.3, 0.4) is 0 Å². The summed E-state index contributed by atoms with van der Waals surface area (Å²) in [5.41, 5.74) is 2.40. The number of halogens is 1. The third kappa shape index (κ3) is 2.30. The van der Waals surface area contributed by atoms with Gasteiger partial charge >= 0.3 is 0 Å². The van der Waals surface area contributed by atoms with Crippen LogP contribution in [0.2, 0.25) is 0 Å². The van der Waals surface area contributed by atoms with Crippen molar-refractivity contribution in [1.29, 1.82) is 0 Å². The number of rotatable bonds is 2. The van der Waals surface area contributed by atoms with E-state index in [4.69, 9.17) is 0 Å². The van der Waals surface area contributed by atoms with Crippen molar-refractivity contribution in [2.45, 2.75) is 19.8 Å². The molecule has 0 radical (unpaired) electrons. The molecule has 0 aliphatic heterocycles. The summed E-state index contributed by atoms with van der Waals surface area (Å²) in [4.78, 5) is 4.34. The van der Waals surface area contributed by atoms with Crippen molar-refractivity contribution in [2.24, 2.45) is 0 Å². The third-order valence-corrected chi connectivity index (χ3v) is 2.02. The van der Waals surface area contributed by atoms with Gasteiger partial charge in [-0.2, -0.15) is 0 Å². The van der Waals surface area contributed by atoms with Crippen LogP contribution in [-0.4, -0.2) is 4.98 Å². The lowest BCUT2D eigenvalue weighted by molar-refractivity contribution is 0.820. The monoisotopic (exact) mass is 273 g/mol. The van der Waals surface area contributed by atoms with Gasteiger partial charge in [-0.15, -0.1) is 0 Å². The Kier molecular flexibility index (Phi) is 3.72. The largest absolute Gasteiger partial charge is 0.260 e. The van der Waals surface area contributed by atoms with Gasteiger partial charge in [0.2, 0.25) is 0 Å². The molecular formula is C10H12IN. The zero-order chi connectivity index (χ0) is 8.97. The summed E-state index contributed by atoms with van der Waals surface area (Å²) in [6.07, 6.45) is 3.93. The second kappa shape index (κ2) is 4.60. The van der Waals surface area contributed by atoms with Crippen molar-refractivity contribution in [2.75, 3.05) is 0 Å². The van der Waals surface area contributed by atoms with E-state index in [1.54, 1.807) is 0 Å². The van der Waals surface area contributed by atoms with E-state index in [-0.39, 0.29) is 0 Å². The number of pyridine rings is 1. The zero-order valence-corrected chi connectivity index (χ0v) is 9.45. The van der Waals surface area contributed by atoms with Crippen molar-refractivity contribution in [3.63, 3.8) is 0 Å². The highest BCUT2D eigenvalue weighted by molar-refractivity contribution is 14.1. The van der Waals surface area contributed by atoms with Crippen LogP contribution >= 0.6 is 22.6 Å². The molecule has 0 bridgehead atoms. The molecule has 0 unspecified atom stereocenters. The molecule has 0 spiro atoms. The van der Waals surface area contributed by atoms with E-state index >= 15 is 0 Å². The first-order valence-corrected chi connectivity index (χ1v) is 5.22. The molecule has 1 aromatic heterocycles. The van der Waals surface area contributed by atoms with Crippen molar-refractivity contribution >= 4 is 28.7 Å². The molecule has 0 aliphatic rings.